The molecule has 0 saturated carbocycles. The maximum absolute atomic E-state index is 12.6. The van der Waals surface area contributed by atoms with E-state index < -0.39 is 5.97 Å². The molecule has 3 rings (SSSR count). The van der Waals surface area contributed by atoms with Crippen LogP contribution in [0.2, 0.25) is 0 Å². The highest BCUT2D eigenvalue weighted by Crippen LogP contribution is 2.36. The lowest BCUT2D eigenvalue weighted by atomic mass is 10.0. The second-order valence-corrected chi connectivity index (χ2v) is 6.63. The molecule has 0 spiro atoms. The molecule has 0 radical (unpaired) electrons. The lowest BCUT2D eigenvalue weighted by Gasteiger charge is -2.26. The Kier molecular flexibility index (Phi) is 4.43. The Bertz CT molecular complexity index is 753. The summed E-state index contributed by atoms with van der Waals surface area (Å²) in [5.41, 5.74) is 2.10. The standard InChI is InChI=1S/C17H17NO4S/c1-10-9-22-13(8-15(19)20)16(10)17(21)18-12-6-7-23-14-5-3-2-4-11(12)14/h2-5,9,12H,6-8H2,1H3,(H,18,21)(H,19,20). The number of aliphatic carboxylic acids is 1. The minimum Gasteiger partial charge on any atom is -0.481 e. The van der Waals surface area contributed by atoms with Gasteiger partial charge < -0.3 is 14.8 Å². The molecule has 1 aliphatic rings. The van der Waals surface area contributed by atoms with Gasteiger partial charge in [0.15, 0.2) is 0 Å². The Morgan fingerprint density at radius 1 is 1.39 bits per heavy atom. The van der Waals surface area contributed by atoms with E-state index in [1.165, 1.54) is 11.2 Å². The molecule has 1 aromatic carbocycles. The van der Waals surface area contributed by atoms with Crippen molar-refractivity contribution in [2.24, 2.45) is 0 Å². The SMILES string of the molecule is Cc1coc(CC(=O)O)c1C(=O)NC1CCSc2ccccc21. The fraction of sp³-hybridized carbons (Fsp3) is 0.294. The molecule has 0 saturated heterocycles. The number of furan rings is 1. The number of hydrogen-bond acceptors (Lipinski definition) is 4. The maximum Gasteiger partial charge on any atom is 0.311 e. The Morgan fingerprint density at radius 2 is 2.17 bits per heavy atom. The second-order valence-electron chi connectivity index (χ2n) is 5.49. The summed E-state index contributed by atoms with van der Waals surface area (Å²) in [6.45, 7) is 1.74. The van der Waals surface area contributed by atoms with Crippen LogP contribution >= 0.6 is 11.8 Å². The molecular weight excluding hydrogens is 314 g/mol. The van der Waals surface area contributed by atoms with Crippen molar-refractivity contribution in [1.29, 1.82) is 0 Å². The summed E-state index contributed by atoms with van der Waals surface area (Å²) >= 11 is 1.78. The van der Waals surface area contributed by atoms with Crippen LogP contribution in [0.5, 0.6) is 0 Å². The van der Waals surface area contributed by atoms with Crippen LogP contribution in [0.1, 0.15) is 39.7 Å². The number of rotatable bonds is 4. The summed E-state index contributed by atoms with van der Waals surface area (Å²) in [6, 6.07) is 7.96. The number of thioether (sulfide) groups is 1. The molecule has 0 fully saturated rings. The fourth-order valence-electron chi connectivity index (χ4n) is 2.79. The highest BCUT2D eigenvalue weighted by molar-refractivity contribution is 7.99. The van der Waals surface area contributed by atoms with Crippen LogP contribution < -0.4 is 5.32 Å². The summed E-state index contributed by atoms with van der Waals surface area (Å²) < 4.78 is 5.24. The number of carbonyl (C=O) groups is 2. The molecule has 1 amide bonds. The van der Waals surface area contributed by atoms with Crippen molar-refractivity contribution in [1.82, 2.24) is 5.32 Å². The van der Waals surface area contributed by atoms with Gasteiger partial charge in [-0.15, -0.1) is 11.8 Å². The van der Waals surface area contributed by atoms with E-state index in [-0.39, 0.29) is 24.1 Å². The fourth-order valence-corrected chi connectivity index (χ4v) is 3.92. The zero-order valence-electron chi connectivity index (χ0n) is 12.7. The molecule has 1 atom stereocenters. The van der Waals surface area contributed by atoms with E-state index in [2.05, 4.69) is 11.4 Å². The van der Waals surface area contributed by atoms with Crippen LogP contribution in [-0.4, -0.2) is 22.7 Å². The summed E-state index contributed by atoms with van der Waals surface area (Å²) in [6.07, 6.45) is 1.98. The maximum atomic E-state index is 12.6. The lowest BCUT2D eigenvalue weighted by molar-refractivity contribution is -0.136. The zero-order valence-corrected chi connectivity index (χ0v) is 13.5. The zero-order chi connectivity index (χ0) is 16.4. The molecule has 2 N–H and O–H groups in total. The molecule has 6 heteroatoms. The molecule has 0 aliphatic carbocycles. The summed E-state index contributed by atoms with van der Waals surface area (Å²) in [7, 11) is 0. The highest BCUT2D eigenvalue weighted by Gasteiger charge is 2.26. The molecular formula is C17H17NO4S. The van der Waals surface area contributed by atoms with Gasteiger partial charge in [0.2, 0.25) is 0 Å². The minimum atomic E-state index is -1.02. The van der Waals surface area contributed by atoms with Gasteiger partial charge in [0.1, 0.15) is 12.2 Å². The number of carboxylic acid groups (broad SMARTS) is 1. The van der Waals surface area contributed by atoms with Crippen molar-refractivity contribution in [2.75, 3.05) is 5.75 Å². The molecule has 2 heterocycles. The third kappa shape index (κ3) is 3.27. The molecule has 1 unspecified atom stereocenters. The number of carboxylic acids is 1. The Labute approximate surface area is 138 Å². The van der Waals surface area contributed by atoms with Gasteiger partial charge in [-0.05, 0) is 25.0 Å². The average Bonchev–Trinajstić information content (AvgIpc) is 2.87. The van der Waals surface area contributed by atoms with Crippen molar-refractivity contribution in [3.8, 4) is 0 Å². The number of benzene rings is 1. The number of aryl methyl sites for hydroxylation is 1. The van der Waals surface area contributed by atoms with Crippen molar-refractivity contribution < 1.29 is 19.1 Å². The van der Waals surface area contributed by atoms with Crippen LogP contribution in [-0.2, 0) is 11.2 Å². The van der Waals surface area contributed by atoms with Gasteiger partial charge in [-0.2, -0.15) is 0 Å². The summed E-state index contributed by atoms with van der Waals surface area (Å²) in [4.78, 5) is 24.7. The molecule has 0 bridgehead atoms. The first-order valence-electron chi connectivity index (χ1n) is 7.37. The molecule has 5 nitrogen and oxygen atoms in total. The highest BCUT2D eigenvalue weighted by atomic mass is 32.2. The topological polar surface area (TPSA) is 79.5 Å². The van der Waals surface area contributed by atoms with Crippen molar-refractivity contribution in [3.63, 3.8) is 0 Å². The second kappa shape index (κ2) is 6.50. The Morgan fingerprint density at radius 3 is 2.96 bits per heavy atom. The number of carbonyl (C=O) groups excluding carboxylic acids is 1. The quantitative estimate of drug-likeness (QED) is 0.899. The van der Waals surface area contributed by atoms with E-state index in [9.17, 15) is 9.59 Å². The predicted octanol–water partition coefficient (Wildman–Crippen LogP) is 3.18. The molecule has 23 heavy (non-hydrogen) atoms. The molecule has 120 valence electrons. The van der Waals surface area contributed by atoms with E-state index >= 15 is 0 Å². The van der Waals surface area contributed by atoms with Crippen LogP contribution in [0.15, 0.2) is 39.8 Å². The molecule has 2 aromatic rings. The first-order valence-corrected chi connectivity index (χ1v) is 8.36. The van der Waals surface area contributed by atoms with Crippen molar-refractivity contribution in [2.45, 2.75) is 30.7 Å². The van der Waals surface area contributed by atoms with Gasteiger partial charge in [-0.1, -0.05) is 18.2 Å². The van der Waals surface area contributed by atoms with Crippen molar-refractivity contribution in [3.05, 3.63) is 53.0 Å². The van der Waals surface area contributed by atoms with Gasteiger partial charge in [0, 0.05) is 16.2 Å². The van der Waals surface area contributed by atoms with E-state index in [1.54, 1.807) is 18.7 Å². The van der Waals surface area contributed by atoms with E-state index in [0.717, 1.165) is 17.7 Å². The smallest absolute Gasteiger partial charge is 0.311 e. The minimum absolute atomic E-state index is 0.0630. The largest absolute Gasteiger partial charge is 0.481 e. The van der Waals surface area contributed by atoms with Gasteiger partial charge in [0.05, 0.1) is 17.9 Å². The third-order valence-corrected chi connectivity index (χ3v) is 4.98. The number of hydrogen-bond donors (Lipinski definition) is 2. The van der Waals surface area contributed by atoms with Crippen LogP contribution in [0.25, 0.3) is 0 Å². The Hall–Kier alpha value is -2.21. The van der Waals surface area contributed by atoms with E-state index in [4.69, 9.17) is 9.52 Å². The summed E-state index contributed by atoms with van der Waals surface area (Å²) in [5.74, 6) is -0.160. The lowest BCUT2D eigenvalue weighted by Crippen LogP contribution is -2.31. The first-order chi connectivity index (χ1) is 11.1. The number of fused-ring (bicyclic) bond motifs is 1. The predicted molar refractivity (Wildman–Crippen MR) is 86.8 cm³/mol. The third-order valence-electron chi connectivity index (χ3n) is 3.85. The van der Waals surface area contributed by atoms with Gasteiger partial charge >= 0.3 is 5.97 Å². The monoisotopic (exact) mass is 331 g/mol. The van der Waals surface area contributed by atoms with Crippen LogP contribution in [0.3, 0.4) is 0 Å². The normalized spacial score (nSPS) is 16.7. The van der Waals surface area contributed by atoms with Crippen molar-refractivity contribution >= 4 is 23.6 Å². The van der Waals surface area contributed by atoms with Crippen LogP contribution in [0.4, 0.5) is 0 Å². The van der Waals surface area contributed by atoms with Crippen LogP contribution in [0, 0.1) is 6.92 Å². The molecule has 1 aliphatic heterocycles. The molecule has 1 aromatic heterocycles. The summed E-state index contributed by atoms with van der Waals surface area (Å²) in [5, 5.41) is 12.0. The number of nitrogens with one attached hydrogen (secondary N) is 1. The average molecular weight is 331 g/mol. The first kappa shape index (κ1) is 15.7. The number of amides is 1. The van der Waals surface area contributed by atoms with Gasteiger partial charge in [0.25, 0.3) is 5.91 Å². The van der Waals surface area contributed by atoms with E-state index in [1.807, 2.05) is 18.2 Å². The van der Waals surface area contributed by atoms with Gasteiger partial charge in [-0.25, -0.2) is 0 Å². The van der Waals surface area contributed by atoms with Gasteiger partial charge in [-0.3, -0.25) is 9.59 Å². The Balaban J connectivity index is 1.83. The van der Waals surface area contributed by atoms with E-state index in [0.29, 0.717) is 11.1 Å².